The van der Waals surface area contributed by atoms with Crippen LogP contribution in [0.5, 0.6) is 28.7 Å². The number of aryl methyl sites for hydroxylation is 1. The van der Waals surface area contributed by atoms with Crippen molar-refractivity contribution in [2.24, 2.45) is 0 Å². The van der Waals surface area contributed by atoms with Crippen molar-refractivity contribution in [1.82, 2.24) is 4.90 Å². The van der Waals surface area contributed by atoms with Crippen LogP contribution in [-0.4, -0.2) is 44.5 Å². The fraction of sp³-hybridized carbons (Fsp3) is 0.296. The lowest BCUT2D eigenvalue weighted by molar-refractivity contribution is -0.164. The highest BCUT2D eigenvalue weighted by molar-refractivity contribution is 5.89. The Balaban J connectivity index is 1.39. The number of hydrogen-bond donors (Lipinski definition) is 0. The van der Waals surface area contributed by atoms with Crippen molar-refractivity contribution < 1.29 is 28.5 Å². The molecular weight excluding hydrogens is 434 g/mol. The Morgan fingerprint density at radius 2 is 1.71 bits per heavy atom. The molecule has 176 valence electrons. The van der Waals surface area contributed by atoms with Crippen molar-refractivity contribution in [2.75, 3.05) is 27.6 Å². The van der Waals surface area contributed by atoms with Gasteiger partial charge in [0.2, 0.25) is 12.9 Å². The Hall–Kier alpha value is -3.87. The molecule has 0 radical (unpaired) electrons. The van der Waals surface area contributed by atoms with Crippen molar-refractivity contribution in [3.63, 3.8) is 0 Å². The highest BCUT2D eigenvalue weighted by Gasteiger charge is 2.50. The van der Waals surface area contributed by atoms with Crippen LogP contribution in [0.25, 0.3) is 0 Å². The van der Waals surface area contributed by atoms with Crippen LogP contribution in [0, 0.1) is 6.92 Å². The third-order valence-electron chi connectivity index (χ3n) is 6.32. The Morgan fingerprint density at radius 3 is 2.50 bits per heavy atom. The fourth-order valence-electron chi connectivity index (χ4n) is 4.44. The summed E-state index contributed by atoms with van der Waals surface area (Å²) < 4.78 is 28.0. The van der Waals surface area contributed by atoms with Crippen LogP contribution in [0.1, 0.15) is 22.7 Å². The molecular formula is C27H27NO6. The minimum absolute atomic E-state index is 0.0357. The molecule has 0 aliphatic carbocycles. The van der Waals surface area contributed by atoms with Gasteiger partial charge in [-0.2, -0.15) is 0 Å². The van der Waals surface area contributed by atoms with Gasteiger partial charge in [0, 0.05) is 6.54 Å². The topological polar surface area (TPSA) is 66.5 Å². The van der Waals surface area contributed by atoms with Gasteiger partial charge in [-0.05, 0) is 60.4 Å². The highest BCUT2D eigenvalue weighted by atomic mass is 16.7. The predicted molar refractivity (Wildman–Crippen MR) is 126 cm³/mol. The van der Waals surface area contributed by atoms with Crippen LogP contribution in [0.15, 0.2) is 60.7 Å². The molecule has 7 nitrogen and oxygen atoms in total. The smallest absolute Gasteiger partial charge is 0.266 e. The number of rotatable bonds is 8. The summed E-state index contributed by atoms with van der Waals surface area (Å²) in [6.45, 7) is 2.72. The van der Waals surface area contributed by atoms with E-state index in [1.54, 1.807) is 14.2 Å². The molecule has 1 fully saturated rings. The first kappa shape index (κ1) is 21.9. The molecule has 2 heterocycles. The molecule has 7 heteroatoms. The second-order valence-corrected chi connectivity index (χ2v) is 8.33. The zero-order chi connectivity index (χ0) is 23.7. The van der Waals surface area contributed by atoms with Crippen molar-refractivity contribution >= 4 is 5.91 Å². The van der Waals surface area contributed by atoms with Gasteiger partial charge in [0.25, 0.3) is 5.91 Å². The lowest BCUT2D eigenvalue weighted by Crippen LogP contribution is -2.61. The summed E-state index contributed by atoms with van der Waals surface area (Å²) in [7, 11) is 3.23. The number of hydrogen-bond acceptors (Lipinski definition) is 6. The summed E-state index contributed by atoms with van der Waals surface area (Å²) in [5, 5.41) is 0. The third kappa shape index (κ3) is 3.98. The Kier molecular flexibility index (Phi) is 5.92. The Morgan fingerprint density at radius 1 is 0.912 bits per heavy atom. The lowest BCUT2D eigenvalue weighted by atomic mass is 9.89. The third-order valence-corrected chi connectivity index (χ3v) is 6.32. The maximum atomic E-state index is 13.2. The molecule has 3 aromatic rings. The number of nitrogens with zero attached hydrogens (tertiary/aromatic N) is 1. The van der Waals surface area contributed by atoms with E-state index in [4.69, 9.17) is 23.7 Å². The van der Waals surface area contributed by atoms with Crippen LogP contribution in [-0.2, 0) is 11.2 Å². The molecule has 0 unspecified atom stereocenters. The zero-order valence-electron chi connectivity index (χ0n) is 19.4. The quantitative estimate of drug-likeness (QED) is 0.466. The van der Waals surface area contributed by atoms with E-state index in [9.17, 15) is 4.79 Å². The number of para-hydroxylation sites is 1. The van der Waals surface area contributed by atoms with E-state index in [1.807, 2.05) is 72.5 Å². The van der Waals surface area contributed by atoms with Crippen LogP contribution >= 0.6 is 0 Å². The molecule has 0 saturated carbocycles. The molecule has 0 N–H and O–H groups in total. The molecule has 1 amide bonds. The SMILES string of the molecule is COc1ccc(CCN2C(=O)[C@@H](Oc3ccccc3C)[C@H]2c2ccc3c(c2)OCO3)cc1OC. The lowest BCUT2D eigenvalue weighted by Gasteiger charge is -2.47. The zero-order valence-corrected chi connectivity index (χ0v) is 19.4. The number of benzene rings is 3. The van der Waals surface area contributed by atoms with Crippen LogP contribution in [0.3, 0.4) is 0 Å². The summed E-state index contributed by atoms with van der Waals surface area (Å²) in [5.74, 6) is 3.42. The first-order chi connectivity index (χ1) is 16.6. The van der Waals surface area contributed by atoms with Gasteiger partial charge in [-0.25, -0.2) is 0 Å². The summed E-state index contributed by atoms with van der Waals surface area (Å²) in [4.78, 5) is 15.1. The predicted octanol–water partition coefficient (Wildman–Crippen LogP) is 4.31. The van der Waals surface area contributed by atoms with E-state index in [2.05, 4.69) is 0 Å². The maximum Gasteiger partial charge on any atom is 0.266 e. The van der Waals surface area contributed by atoms with Crippen molar-refractivity contribution in [3.05, 3.63) is 77.4 Å². The second kappa shape index (κ2) is 9.17. The second-order valence-electron chi connectivity index (χ2n) is 8.33. The molecule has 2 aliphatic rings. The van der Waals surface area contributed by atoms with Gasteiger partial charge in [-0.15, -0.1) is 0 Å². The van der Waals surface area contributed by atoms with Gasteiger partial charge in [0.15, 0.2) is 23.0 Å². The minimum atomic E-state index is -0.605. The van der Waals surface area contributed by atoms with E-state index < -0.39 is 6.10 Å². The average molecular weight is 462 g/mol. The number of methoxy groups -OCH3 is 2. The summed E-state index contributed by atoms with van der Waals surface area (Å²) in [6.07, 6.45) is 0.0661. The monoisotopic (exact) mass is 461 g/mol. The molecule has 0 bridgehead atoms. The largest absolute Gasteiger partial charge is 0.493 e. The van der Waals surface area contributed by atoms with Crippen molar-refractivity contribution in [1.29, 1.82) is 0 Å². The highest BCUT2D eigenvalue weighted by Crippen LogP contribution is 2.42. The van der Waals surface area contributed by atoms with E-state index in [1.165, 1.54) is 0 Å². The maximum absolute atomic E-state index is 13.2. The minimum Gasteiger partial charge on any atom is -0.493 e. The molecule has 0 aromatic heterocycles. The van der Waals surface area contributed by atoms with E-state index in [0.717, 1.165) is 16.7 Å². The summed E-state index contributed by atoms with van der Waals surface area (Å²) >= 11 is 0. The van der Waals surface area contributed by atoms with Gasteiger partial charge in [-0.1, -0.05) is 30.3 Å². The van der Waals surface area contributed by atoms with Gasteiger partial charge >= 0.3 is 0 Å². The number of amides is 1. The molecule has 2 atom stereocenters. The number of fused-ring (bicyclic) bond motifs is 1. The molecule has 34 heavy (non-hydrogen) atoms. The average Bonchev–Trinajstić information content (AvgIpc) is 3.33. The van der Waals surface area contributed by atoms with Gasteiger partial charge in [0.1, 0.15) is 11.8 Å². The first-order valence-corrected chi connectivity index (χ1v) is 11.2. The van der Waals surface area contributed by atoms with Crippen molar-refractivity contribution in [3.8, 4) is 28.7 Å². The first-order valence-electron chi connectivity index (χ1n) is 11.2. The standard InChI is InChI=1S/C27H27NO6/c1-17-6-4-5-7-20(17)34-26-25(19-9-11-22-24(15-19)33-16-32-22)28(27(26)29)13-12-18-8-10-21(30-2)23(14-18)31-3/h4-11,14-15,25-26H,12-13,16H2,1-3H3/t25-,26+/m1/s1. The molecule has 1 saturated heterocycles. The molecule has 0 spiro atoms. The number of carbonyl (C=O) groups excluding carboxylic acids is 1. The van der Waals surface area contributed by atoms with Crippen LogP contribution in [0.2, 0.25) is 0 Å². The molecule has 2 aliphatic heterocycles. The van der Waals surface area contributed by atoms with Gasteiger partial charge < -0.3 is 28.6 Å². The molecule has 3 aromatic carbocycles. The van der Waals surface area contributed by atoms with E-state index >= 15 is 0 Å². The fourth-order valence-corrected chi connectivity index (χ4v) is 4.44. The van der Waals surface area contributed by atoms with E-state index in [-0.39, 0.29) is 18.7 Å². The van der Waals surface area contributed by atoms with Gasteiger partial charge in [0.05, 0.1) is 14.2 Å². The number of β-lactam (4-membered cyclic amide) rings is 1. The number of carbonyl (C=O) groups is 1. The summed E-state index contributed by atoms with van der Waals surface area (Å²) in [6, 6.07) is 19.1. The number of ether oxygens (including phenoxy) is 5. The van der Waals surface area contributed by atoms with Gasteiger partial charge in [-0.3, -0.25) is 4.79 Å². The molecule has 5 rings (SSSR count). The Bertz CT molecular complexity index is 1210. The number of likely N-dealkylation sites (tertiary alicyclic amines) is 1. The van der Waals surface area contributed by atoms with E-state index in [0.29, 0.717) is 41.7 Å². The van der Waals surface area contributed by atoms with Crippen LogP contribution < -0.4 is 23.7 Å². The summed E-state index contributed by atoms with van der Waals surface area (Å²) in [5.41, 5.74) is 3.00. The van der Waals surface area contributed by atoms with Crippen molar-refractivity contribution in [2.45, 2.75) is 25.5 Å². The Labute approximate surface area is 198 Å². The van der Waals surface area contributed by atoms with Crippen LogP contribution in [0.4, 0.5) is 0 Å². The normalized spacial score (nSPS) is 18.4.